The van der Waals surface area contributed by atoms with Crippen LogP contribution in [0, 0.1) is 0 Å². The fourth-order valence-corrected chi connectivity index (χ4v) is 0.346. The summed E-state index contributed by atoms with van der Waals surface area (Å²) in [5.74, 6) is -0.372. The van der Waals surface area contributed by atoms with Crippen molar-refractivity contribution in [3.8, 4) is 0 Å². The SMILES string of the molecule is C=C(C)C([O-])=NCC(C)[O-].[Pt+2]. The Kier molecular flexibility index (Phi) is 8.02. The zero-order valence-corrected chi connectivity index (χ0v) is 8.84. The Hall–Kier alpha value is -0.142. The van der Waals surface area contributed by atoms with Crippen LogP contribution in [0.1, 0.15) is 13.8 Å². The minimum absolute atomic E-state index is 0. The molecule has 0 aliphatic heterocycles. The number of hydrogen-bond donors (Lipinski definition) is 0. The second-order valence-corrected chi connectivity index (χ2v) is 2.24. The Morgan fingerprint density at radius 3 is 2.36 bits per heavy atom. The fraction of sp³-hybridized carbons (Fsp3) is 0.571. The molecule has 11 heavy (non-hydrogen) atoms. The van der Waals surface area contributed by atoms with Gasteiger partial charge in [0.1, 0.15) is 0 Å². The van der Waals surface area contributed by atoms with E-state index in [4.69, 9.17) is 0 Å². The van der Waals surface area contributed by atoms with Crippen LogP contribution in [0.2, 0.25) is 0 Å². The van der Waals surface area contributed by atoms with Crippen molar-refractivity contribution in [3.63, 3.8) is 0 Å². The number of aliphatic imine (C=N–C) groups is 1. The summed E-state index contributed by atoms with van der Waals surface area (Å²) in [6.45, 7) is 6.47. The van der Waals surface area contributed by atoms with Gasteiger partial charge in [-0.05, 0) is 18.4 Å². The van der Waals surface area contributed by atoms with Gasteiger partial charge >= 0.3 is 21.1 Å². The van der Waals surface area contributed by atoms with Gasteiger partial charge in [0.15, 0.2) is 0 Å². The van der Waals surface area contributed by atoms with E-state index in [1.807, 2.05) is 0 Å². The summed E-state index contributed by atoms with van der Waals surface area (Å²) >= 11 is 0. The Labute approximate surface area is 81.1 Å². The maximum absolute atomic E-state index is 10.6. The molecule has 0 fully saturated rings. The molecule has 0 N–H and O–H groups in total. The van der Waals surface area contributed by atoms with Crippen LogP contribution in [0.4, 0.5) is 0 Å². The molecule has 0 aliphatic carbocycles. The number of rotatable bonds is 3. The number of hydrogen-bond acceptors (Lipinski definition) is 3. The van der Waals surface area contributed by atoms with Gasteiger partial charge < -0.3 is 15.2 Å². The first-order chi connectivity index (χ1) is 4.54. The predicted molar refractivity (Wildman–Crippen MR) is 36.6 cm³/mol. The van der Waals surface area contributed by atoms with Crippen molar-refractivity contribution in [1.29, 1.82) is 0 Å². The van der Waals surface area contributed by atoms with Gasteiger partial charge in [-0.3, -0.25) is 0 Å². The van der Waals surface area contributed by atoms with Gasteiger partial charge in [-0.1, -0.05) is 13.5 Å². The second-order valence-electron chi connectivity index (χ2n) is 2.24. The average molecular weight is 336 g/mol. The summed E-state index contributed by atoms with van der Waals surface area (Å²) in [7, 11) is 0. The van der Waals surface area contributed by atoms with Gasteiger partial charge in [-0.25, -0.2) is 0 Å². The third-order valence-corrected chi connectivity index (χ3v) is 0.857. The molecule has 0 saturated heterocycles. The Bertz CT molecular complexity index is 155. The van der Waals surface area contributed by atoms with Gasteiger partial charge in [0.25, 0.3) is 0 Å². The quantitative estimate of drug-likeness (QED) is 0.494. The van der Waals surface area contributed by atoms with Gasteiger partial charge in [-0.2, -0.15) is 0 Å². The smallest absolute Gasteiger partial charge is 0.859 e. The zero-order valence-electron chi connectivity index (χ0n) is 6.57. The molecule has 0 saturated carbocycles. The van der Waals surface area contributed by atoms with Crippen molar-refractivity contribution in [1.82, 2.24) is 0 Å². The molecule has 0 heterocycles. The van der Waals surface area contributed by atoms with Crippen LogP contribution in [-0.4, -0.2) is 18.5 Å². The molecule has 0 spiro atoms. The maximum Gasteiger partial charge on any atom is 2.00 e. The van der Waals surface area contributed by atoms with E-state index in [2.05, 4.69) is 11.6 Å². The van der Waals surface area contributed by atoms with Crippen molar-refractivity contribution in [2.75, 3.05) is 6.54 Å². The summed E-state index contributed by atoms with van der Waals surface area (Å²) in [5.41, 5.74) is 0.376. The topological polar surface area (TPSA) is 58.5 Å². The van der Waals surface area contributed by atoms with Crippen LogP contribution in [0.15, 0.2) is 17.1 Å². The molecule has 3 nitrogen and oxygen atoms in total. The third kappa shape index (κ3) is 7.76. The molecule has 0 aromatic carbocycles. The van der Waals surface area contributed by atoms with Crippen LogP contribution in [-0.2, 0) is 21.1 Å². The molecule has 0 radical (unpaired) electrons. The van der Waals surface area contributed by atoms with Crippen LogP contribution in [0.5, 0.6) is 0 Å². The molecule has 0 aliphatic rings. The Morgan fingerprint density at radius 1 is 1.64 bits per heavy atom. The molecule has 0 bridgehead atoms. The first-order valence-corrected chi connectivity index (χ1v) is 3.07. The van der Waals surface area contributed by atoms with Gasteiger partial charge in [-0.15, -0.1) is 6.10 Å². The Morgan fingerprint density at radius 2 is 2.09 bits per heavy atom. The molecule has 4 heteroatoms. The molecule has 0 aromatic heterocycles. The normalized spacial score (nSPS) is 13.5. The first-order valence-electron chi connectivity index (χ1n) is 3.07. The van der Waals surface area contributed by atoms with E-state index in [1.54, 1.807) is 6.92 Å². The van der Waals surface area contributed by atoms with E-state index in [9.17, 15) is 10.2 Å². The molecule has 1 atom stereocenters. The molecule has 66 valence electrons. The summed E-state index contributed by atoms with van der Waals surface area (Å²) in [4.78, 5) is 3.47. The summed E-state index contributed by atoms with van der Waals surface area (Å²) in [5, 5.41) is 21.0. The van der Waals surface area contributed by atoms with E-state index < -0.39 is 6.10 Å². The van der Waals surface area contributed by atoms with E-state index in [-0.39, 0.29) is 33.5 Å². The van der Waals surface area contributed by atoms with Crippen LogP contribution in [0.3, 0.4) is 0 Å². The third-order valence-electron chi connectivity index (χ3n) is 0.857. The van der Waals surface area contributed by atoms with Crippen LogP contribution < -0.4 is 10.2 Å². The van der Waals surface area contributed by atoms with Gasteiger partial charge in [0.2, 0.25) is 0 Å². The zero-order chi connectivity index (χ0) is 8.15. The monoisotopic (exact) mass is 336 g/mol. The van der Waals surface area contributed by atoms with Crippen molar-refractivity contribution in [2.24, 2.45) is 4.99 Å². The van der Waals surface area contributed by atoms with E-state index in [0.717, 1.165) is 0 Å². The van der Waals surface area contributed by atoms with Gasteiger partial charge in [0.05, 0.1) is 0 Å². The van der Waals surface area contributed by atoms with E-state index in [1.165, 1.54) is 6.92 Å². The van der Waals surface area contributed by atoms with Crippen molar-refractivity contribution >= 4 is 5.90 Å². The van der Waals surface area contributed by atoms with E-state index in [0.29, 0.717) is 5.57 Å². The second kappa shape index (κ2) is 6.56. The Balaban J connectivity index is 0. The molecule has 1 unspecified atom stereocenters. The number of nitrogens with zero attached hydrogens (tertiary/aromatic N) is 1. The molecular formula is C7H11NO2Pt. The largest absolute Gasteiger partial charge is 2.00 e. The molecule has 0 rings (SSSR count). The maximum atomic E-state index is 10.6. The van der Waals surface area contributed by atoms with Crippen LogP contribution in [0.25, 0.3) is 0 Å². The van der Waals surface area contributed by atoms with E-state index >= 15 is 0 Å². The molecule has 0 amide bonds. The summed E-state index contributed by atoms with van der Waals surface area (Å²) in [6, 6.07) is 0. The summed E-state index contributed by atoms with van der Waals surface area (Å²) < 4.78 is 0. The molecule has 0 aromatic rings. The average Bonchev–Trinajstić information content (AvgIpc) is 1.82. The first kappa shape index (κ1) is 13.4. The van der Waals surface area contributed by atoms with Crippen molar-refractivity contribution in [3.05, 3.63) is 12.2 Å². The van der Waals surface area contributed by atoms with Crippen LogP contribution >= 0.6 is 0 Å². The molecular weight excluding hydrogens is 325 g/mol. The standard InChI is InChI=1S/C7H12NO2.Pt/c1-5(2)7(10)8-4-6(3)9;/h6H,1,4H2,2-3H3,(H,8,10);/q-1;+2/p-1. The summed E-state index contributed by atoms with van der Waals surface area (Å²) in [6.07, 6.45) is -0.802. The minimum Gasteiger partial charge on any atom is -0.859 e. The minimum atomic E-state index is -0.802. The predicted octanol–water partition coefficient (Wildman–Crippen LogP) is -0.932. The van der Waals surface area contributed by atoms with Crippen molar-refractivity contribution < 1.29 is 31.3 Å². The van der Waals surface area contributed by atoms with Crippen molar-refractivity contribution in [2.45, 2.75) is 20.0 Å². The fourth-order valence-electron chi connectivity index (χ4n) is 0.346. The van der Waals surface area contributed by atoms with Gasteiger partial charge in [0, 0.05) is 6.54 Å².